The molecule has 1 fully saturated rings. The highest BCUT2D eigenvalue weighted by molar-refractivity contribution is 5.89. The molecule has 6 heteroatoms. The standard InChI is InChI=1S/C16H17N3O3/c1-2-9-17-15(20)18-10-3-4-13-5-7-14(8-6-13)19-11-12-22-16(19)21/h2,5-8H,1,9-12H2,(H2,17,18,20). The lowest BCUT2D eigenvalue weighted by atomic mass is 10.2. The van der Waals surface area contributed by atoms with Crippen molar-refractivity contribution in [2.45, 2.75) is 0 Å². The van der Waals surface area contributed by atoms with Gasteiger partial charge in [-0.05, 0) is 24.3 Å². The first kappa shape index (κ1) is 15.4. The van der Waals surface area contributed by atoms with Crippen LogP contribution in [0.15, 0.2) is 36.9 Å². The van der Waals surface area contributed by atoms with Gasteiger partial charge in [-0.2, -0.15) is 0 Å². The number of rotatable bonds is 4. The van der Waals surface area contributed by atoms with Crippen molar-refractivity contribution < 1.29 is 14.3 Å². The van der Waals surface area contributed by atoms with E-state index in [1.54, 1.807) is 11.0 Å². The lowest BCUT2D eigenvalue weighted by Gasteiger charge is -2.11. The molecular formula is C16H17N3O3. The Morgan fingerprint density at radius 1 is 1.36 bits per heavy atom. The SMILES string of the molecule is C=CCNC(=O)NCC#Cc1ccc(N2CCOC2=O)cc1. The number of hydrogen-bond acceptors (Lipinski definition) is 3. The topological polar surface area (TPSA) is 70.7 Å². The zero-order valence-corrected chi connectivity index (χ0v) is 12.1. The first-order valence-corrected chi connectivity index (χ1v) is 6.86. The summed E-state index contributed by atoms with van der Waals surface area (Å²) in [5.74, 6) is 5.79. The first-order valence-electron chi connectivity index (χ1n) is 6.86. The summed E-state index contributed by atoms with van der Waals surface area (Å²) in [5.41, 5.74) is 1.60. The molecule has 1 aromatic carbocycles. The van der Waals surface area contributed by atoms with Crippen molar-refractivity contribution >= 4 is 17.8 Å². The molecule has 1 aliphatic rings. The number of benzene rings is 1. The molecule has 0 atom stereocenters. The van der Waals surface area contributed by atoms with Crippen molar-refractivity contribution in [2.75, 3.05) is 31.1 Å². The molecule has 2 rings (SSSR count). The summed E-state index contributed by atoms with van der Waals surface area (Å²) in [6.45, 7) is 5.16. The average molecular weight is 299 g/mol. The van der Waals surface area contributed by atoms with Crippen LogP contribution in [0.25, 0.3) is 0 Å². The quantitative estimate of drug-likeness (QED) is 0.653. The van der Waals surface area contributed by atoms with Gasteiger partial charge in [0.05, 0.1) is 13.1 Å². The number of hydrogen-bond donors (Lipinski definition) is 2. The molecule has 3 amide bonds. The number of carbonyl (C=O) groups excluding carboxylic acids is 2. The predicted molar refractivity (Wildman–Crippen MR) is 83.6 cm³/mol. The molecule has 0 spiro atoms. The molecule has 2 N–H and O–H groups in total. The van der Waals surface area contributed by atoms with Crippen LogP contribution in [0.3, 0.4) is 0 Å². The van der Waals surface area contributed by atoms with Gasteiger partial charge in [0.15, 0.2) is 0 Å². The van der Waals surface area contributed by atoms with Crippen molar-refractivity contribution in [3.05, 3.63) is 42.5 Å². The number of carbonyl (C=O) groups is 2. The number of nitrogens with zero attached hydrogens (tertiary/aromatic N) is 1. The van der Waals surface area contributed by atoms with Crippen LogP contribution < -0.4 is 15.5 Å². The van der Waals surface area contributed by atoms with E-state index in [9.17, 15) is 9.59 Å². The van der Waals surface area contributed by atoms with E-state index in [2.05, 4.69) is 29.1 Å². The smallest absolute Gasteiger partial charge is 0.414 e. The van der Waals surface area contributed by atoms with Crippen LogP contribution in [0.4, 0.5) is 15.3 Å². The molecule has 0 saturated carbocycles. The van der Waals surface area contributed by atoms with Gasteiger partial charge in [-0.3, -0.25) is 4.90 Å². The van der Waals surface area contributed by atoms with Crippen LogP contribution in [0.5, 0.6) is 0 Å². The van der Waals surface area contributed by atoms with Gasteiger partial charge in [0.1, 0.15) is 6.61 Å². The molecule has 1 aliphatic heterocycles. The zero-order chi connectivity index (χ0) is 15.8. The molecule has 1 saturated heterocycles. The third kappa shape index (κ3) is 4.28. The Morgan fingerprint density at radius 3 is 2.77 bits per heavy atom. The maximum Gasteiger partial charge on any atom is 0.414 e. The van der Waals surface area contributed by atoms with Crippen molar-refractivity contribution in [1.29, 1.82) is 0 Å². The number of urea groups is 1. The van der Waals surface area contributed by atoms with Crippen LogP contribution in [-0.2, 0) is 4.74 Å². The highest BCUT2D eigenvalue weighted by Crippen LogP contribution is 2.18. The Balaban J connectivity index is 1.84. The second kappa shape index (κ2) is 7.74. The number of cyclic esters (lactones) is 1. The lowest BCUT2D eigenvalue weighted by Crippen LogP contribution is -2.35. The fraction of sp³-hybridized carbons (Fsp3) is 0.250. The van der Waals surface area contributed by atoms with E-state index in [4.69, 9.17) is 4.74 Å². The van der Waals surface area contributed by atoms with Crippen LogP contribution in [0.2, 0.25) is 0 Å². The third-order valence-electron chi connectivity index (χ3n) is 2.92. The maximum atomic E-state index is 11.4. The highest BCUT2D eigenvalue weighted by Gasteiger charge is 2.22. The summed E-state index contributed by atoms with van der Waals surface area (Å²) in [4.78, 5) is 24.3. The molecule has 0 aromatic heterocycles. The number of ether oxygens (including phenoxy) is 1. The van der Waals surface area contributed by atoms with Gasteiger partial charge in [-0.25, -0.2) is 9.59 Å². The first-order chi connectivity index (χ1) is 10.7. The number of nitrogens with one attached hydrogen (secondary N) is 2. The Bertz CT molecular complexity index is 614. The normalized spacial score (nSPS) is 12.9. The van der Waals surface area contributed by atoms with Crippen LogP contribution in [0.1, 0.15) is 5.56 Å². The van der Waals surface area contributed by atoms with Crippen molar-refractivity contribution in [2.24, 2.45) is 0 Å². The van der Waals surface area contributed by atoms with E-state index in [1.807, 2.05) is 24.3 Å². The van der Waals surface area contributed by atoms with Crippen molar-refractivity contribution in [3.8, 4) is 11.8 Å². The zero-order valence-electron chi connectivity index (χ0n) is 12.1. The molecule has 0 aliphatic carbocycles. The molecule has 6 nitrogen and oxygen atoms in total. The minimum Gasteiger partial charge on any atom is -0.447 e. The third-order valence-corrected chi connectivity index (χ3v) is 2.92. The Hall–Kier alpha value is -2.94. The van der Waals surface area contributed by atoms with Crippen molar-refractivity contribution in [3.63, 3.8) is 0 Å². The summed E-state index contributed by atoms with van der Waals surface area (Å²) in [6.07, 6.45) is 1.27. The van der Waals surface area contributed by atoms with E-state index < -0.39 is 0 Å². The molecule has 22 heavy (non-hydrogen) atoms. The fourth-order valence-corrected chi connectivity index (χ4v) is 1.85. The van der Waals surface area contributed by atoms with E-state index in [1.165, 1.54) is 0 Å². The average Bonchev–Trinajstić information content (AvgIpc) is 2.96. The fourth-order valence-electron chi connectivity index (χ4n) is 1.85. The van der Waals surface area contributed by atoms with Gasteiger partial charge >= 0.3 is 12.1 Å². The Labute approximate surface area is 129 Å². The van der Waals surface area contributed by atoms with E-state index in [0.29, 0.717) is 19.7 Å². The van der Waals surface area contributed by atoms with Gasteiger partial charge < -0.3 is 15.4 Å². The van der Waals surface area contributed by atoms with Crippen molar-refractivity contribution in [1.82, 2.24) is 10.6 Å². The van der Waals surface area contributed by atoms with Gasteiger partial charge in [-0.15, -0.1) is 6.58 Å². The predicted octanol–water partition coefficient (Wildman–Crippen LogP) is 1.48. The molecule has 1 aromatic rings. The van der Waals surface area contributed by atoms with E-state index in [-0.39, 0.29) is 18.7 Å². The minimum atomic E-state index is -0.325. The van der Waals surface area contributed by atoms with Crippen LogP contribution in [-0.4, -0.2) is 38.4 Å². The van der Waals surface area contributed by atoms with Gasteiger partial charge in [0.2, 0.25) is 0 Å². The second-order valence-electron chi connectivity index (χ2n) is 4.47. The largest absolute Gasteiger partial charge is 0.447 e. The minimum absolute atomic E-state index is 0.253. The summed E-state index contributed by atoms with van der Waals surface area (Å²) < 4.78 is 4.89. The summed E-state index contributed by atoms with van der Waals surface area (Å²) in [7, 11) is 0. The van der Waals surface area contributed by atoms with Crippen LogP contribution in [0, 0.1) is 11.8 Å². The van der Waals surface area contributed by atoms with Gasteiger partial charge in [-0.1, -0.05) is 17.9 Å². The second-order valence-corrected chi connectivity index (χ2v) is 4.47. The molecule has 0 radical (unpaired) electrons. The lowest BCUT2D eigenvalue weighted by molar-refractivity contribution is 0.181. The Kier molecular flexibility index (Phi) is 5.44. The highest BCUT2D eigenvalue weighted by atomic mass is 16.6. The molecule has 114 valence electrons. The molecule has 1 heterocycles. The van der Waals surface area contributed by atoms with E-state index >= 15 is 0 Å². The molecular weight excluding hydrogens is 282 g/mol. The monoisotopic (exact) mass is 299 g/mol. The molecule has 0 unspecified atom stereocenters. The maximum absolute atomic E-state index is 11.4. The molecule has 0 bridgehead atoms. The Morgan fingerprint density at radius 2 is 2.14 bits per heavy atom. The van der Waals surface area contributed by atoms with E-state index in [0.717, 1.165) is 11.3 Å². The van der Waals surface area contributed by atoms with Crippen LogP contribution >= 0.6 is 0 Å². The number of amides is 3. The number of anilines is 1. The van der Waals surface area contributed by atoms with Gasteiger partial charge in [0, 0.05) is 17.8 Å². The summed E-state index contributed by atoms with van der Waals surface area (Å²) in [6, 6.07) is 7.01. The summed E-state index contributed by atoms with van der Waals surface area (Å²) >= 11 is 0. The summed E-state index contributed by atoms with van der Waals surface area (Å²) in [5, 5.41) is 5.20. The van der Waals surface area contributed by atoms with Gasteiger partial charge in [0.25, 0.3) is 0 Å².